The molecule has 0 saturated heterocycles. The summed E-state index contributed by atoms with van der Waals surface area (Å²) in [5.74, 6) is 2.18. The molecule has 33 heavy (non-hydrogen) atoms. The molecule has 2 aromatic carbocycles. The minimum atomic E-state index is -3.60. The second-order valence-electron chi connectivity index (χ2n) is 7.27. The van der Waals surface area contributed by atoms with Crippen molar-refractivity contribution in [3.05, 3.63) is 59.9 Å². The smallest absolute Gasteiger partial charge is 0.243 e. The van der Waals surface area contributed by atoms with Gasteiger partial charge in [0.2, 0.25) is 15.2 Å². The lowest BCUT2D eigenvalue weighted by Gasteiger charge is -2.25. The van der Waals surface area contributed by atoms with Crippen molar-refractivity contribution in [3.63, 3.8) is 0 Å². The average molecular weight is 491 g/mol. The van der Waals surface area contributed by atoms with Crippen molar-refractivity contribution in [2.75, 3.05) is 45.3 Å². The third-order valence-corrected chi connectivity index (χ3v) is 8.10. The Bertz CT molecular complexity index is 1120. The van der Waals surface area contributed by atoms with Crippen LogP contribution in [-0.4, -0.2) is 62.5 Å². The molecule has 178 valence electrons. The van der Waals surface area contributed by atoms with E-state index in [0.717, 1.165) is 22.3 Å². The van der Waals surface area contributed by atoms with Crippen LogP contribution in [0.25, 0.3) is 0 Å². The van der Waals surface area contributed by atoms with Gasteiger partial charge in [-0.15, -0.1) is 0 Å². The fraction of sp³-hybridized carbons (Fsp3) is 0.391. The van der Waals surface area contributed by atoms with Crippen molar-refractivity contribution in [2.45, 2.75) is 25.2 Å². The second-order valence-corrected chi connectivity index (χ2v) is 9.94. The van der Waals surface area contributed by atoms with Crippen LogP contribution in [0.1, 0.15) is 25.2 Å². The van der Waals surface area contributed by atoms with E-state index in [1.165, 1.54) is 15.8 Å². The molecule has 3 rings (SSSR count). The molecule has 0 saturated carbocycles. The van der Waals surface area contributed by atoms with Crippen LogP contribution < -0.4 is 14.4 Å². The molecule has 0 atom stereocenters. The summed E-state index contributed by atoms with van der Waals surface area (Å²) in [6, 6.07) is 14.3. The average Bonchev–Trinajstić information content (AvgIpc) is 3.30. The van der Waals surface area contributed by atoms with E-state index in [4.69, 9.17) is 9.47 Å². The Hall–Kier alpha value is -2.69. The highest BCUT2D eigenvalue weighted by Gasteiger charge is 2.24. The van der Waals surface area contributed by atoms with Crippen molar-refractivity contribution < 1.29 is 17.9 Å². The summed E-state index contributed by atoms with van der Waals surface area (Å²) in [6.07, 6.45) is 0.630. The van der Waals surface area contributed by atoms with Crippen LogP contribution >= 0.6 is 11.5 Å². The normalized spacial score (nSPS) is 11.5. The van der Waals surface area contributed by atoms with Gasteiger partial charge in [-0.05, 0) is 48.9 Å². The predicted molar refractivity (Wildman–Crippen MR) is 131 cm³/mol. The molecule has 0 spiro atoms. The molecule has 8 nitrogen and oxygen atoms in total. The molecule has 10 heteroatoms. The van der Waals surface area contributed by atoms with Gasteiger partial charge in [-0.25, -0.2) is 13.4 Å². The lowest BCUT2D eigenvalue weighted by Crippen LogP contribution is -2.38. The Labute approximate surface area is 200 Å². The van der Waals surface area contributed by atoms with Gasteiger partial charge in [-0.3, -0.25) is 0 Å². The van der Waals surface area contributed by atoms with E-state index in [-0.39, 0.29) is 4.90 Å². The van der Waals surface area contributed by atoms with Gasteiger partial charge in [0.15, 0.2) is 0 Å². The zero-order valence-corrected chi connectivity index (χ0v) is 21.0. The van der Waals surface area contributed by atoms with Crippen molar-refractivity contribution >= 4 is 26.7 Å². The molecule has 0 fully saturated rings. The number of anilines is 1. The Morgan fingerprint density at radius 3 is 2.03 bits per heavy atom. The van der Waals surface area contributed by atoms with Crippen molar-refractivity contribution in [3.8, 4) is 11.5 Å². The summed E-state index contributed by atoms with van der Waals surface area (Å²) in [5, 5.41) is 0.791. The third kappa shape index (κ3) is 6.21. The maximum Gasteiger partial charge on any atom is 0.243 e. The lowest BCUT2D eigenvalue weighted by molar-refractivity contribution is 0.413. The number of aromatic nitrogens is 2. The second kappa shape index (κ2) is 11.4. The number of benzene rings is 2. The fourth-order valence-electron chi connectivity index (χ4n) is 3.34. The highest BCUT2D eigenvalue weighted by Crippen LogP contribution is 2.22. The van der Waals surface area contributed by atoms with E-state index in [1.54, 1.807) is 38.5 Å². The molecule has 0 bridgehead atoms. The molecule has 0 unspecified atom stereocenters. The zero-order chi connectivity index (χ0) is 23.8. The Kier molecular flexibility index (Phi) is 8.65. The quantitative estimate of drug-likeness (QED) is 0.383. The summed E-state index contributed by atoms with van der Waals surface area (Å²) >= 11 is 1.33. The molecule has 0 aliphatic carbocycles. The van der Waals surface area contributed by atoms with E-state index in [2.05, 4.69) is 14.3 Å². The first-order valence-corrected chi connectivity index (χ1v) is 13.0. The molecule has 0 radical (unpaired) electrons. The van der Waals surface area contributed by atoms with Gasteiger partial charge in [-0.1, -0.05) is 19.1 Å². The highest BCUT2D eigenvalue weighted by atomic mass is 32.2. The maximum atomic E-state index is 13.1. The monoisotopic (exact) mass is 490 g/mol. The molecule has 0 aliphatic heterocycles. The van der Waals surface area contributed by atoms with Gasteiger partial charge >= 0.3 is 0 Å². The molecular weight excluding hydrogens is 460 g/mol. The molecule has 0 amide bonds. The van der Waals surface area contributed by atoms with Crippen molar-refractivity contribution in [1.29, 1.82) is 0 Å². The van der Waals surface area contributed by atoms with Gasteiger partial charge < -0.3 is 14.4 Å². The Morgan fingerprint density at radius 1 is 0.879 bits per heavy atom. The predicted octanol–water partition coefficient (Wildman–Crippen LogP) is 3.68. The first kappa shape index (κ1) is 24.9. The fourth-order valence-corrected chi connectivity index (χ4v) is 5.55. The van der Waals surface area contributed by atoms with Gasteiger partial charge in [0, 0.05) is 44.1 Å². The number of sulfonamides is 1. The number of rotatable bonds is 12. The minimum Gasteiger partial charge on any atom is -0.497 e. The van der Waals surface area contributed by atoms with Gasteiger partial charge in [0.1, 0.15) is 17.3 Å². The molecule has 3 aromatic rings. The Balaban J connectivity index is 1.65. The number of hydrogen-bond donors (Lipinski definition) is 0. The van der Waals surface area contributed by atoms with Crippen molar-refractivity contribution in [1.82, 2.24) is 13.7 Å². The first-order valence-electron chi connectivity index (χ1n) is 10.8. The van der Waals surface area contributed by atoms with Gasteiger partial charge in [0.25, 0.3) is 0 Å². The maximum absolute atomic E-state index is 13.1. The zero-order valence-electron chi connectivity index (χ0n) is 19.4. The van der Waals surface area contributed by atoms with E-state index >= 15 is 0 Å². The van der Waals surface area contributed by atoms with Crippen LogP contribution in [0.4, 0.5) is 5.13 Å². The lowest BCUT2D eigenvalue weighted by atomic mass is 10.1. The SMILES string of the molecule is CCN(CCN(CC)S(=O)(=O)c1ccc(OC)cc1)c1nc(Cc2ccc(OC)cc2)ns1. The van der Waals surface area contributed by atoms with Crippen LogP contribution in [0.15, 0.2) is 53.4 Å². The molecule has 1 heterocycles. The first-order chi connectivity index (χ1) is 15.9. The summed E-state index contributed by atoms with van der Waals surface area (Å²) in [5.41, 5.74) is 1.10. The summed E-state index contributed by atoms with van der Waals surface area (Å²) in [4.78, 5) is 7.00. The molecule has 0 aliphatic rings. The van der Waals surface area contributed by atoms with Crippen LogP contribution in [0.3, 0.4) is 0 Å². The topological polar surface area (TPSA) is 84.9 Å². The Morgan fingerprint density at radius 2 is 1.48 bits per heavy atom. The van der Waals surface area contributed by atoms with Crippen LogP contribution in [-0.2, 0) is 16.4 Å². The number of hydrogen-bond acceptors (Lipinski definition) is 8. The number of likely N-dealkylation sites (N-methyl/N-ethyl adjacent to an activating group) is 2. The van der Waals surface area contributed by atoms with Crippen LogP contribution in [0, 0.1) is 0 Å². The summed E-state index contributed by atoms with van der Waals surface area (Å²) in [7, 11) is -0.399. The summed E-state index contributed by atoms with van der Waals surface area (Å²) < 4.78 is 42.5. The standard InChI is InChI=1S/C23H30N4O4S2/c1-5-26(23-24-22(25-32-23)17-18-7-9-19(30-3)10-8-18)15-16-27(6-2)33(28,29)21-13-11-20(31-4)12-14-21/h7-14H,5-6,15-17H2,1-4H3. The van der Waals surface area contributed by atoms with Gasteiger partial charge in [-0.2, -0.15) is 8.68 Å². The minimum absolute atomic E-state index is 0.255. The van der Waals surface area contributed by atoms with Crippen molar-refractivity contribution in [2.24, 2.45) is 0 Å². The van der Waals surface area contributed by atoms with E-state index in [1.807, 2.05) is 38.1 Å². The summed E-state index contributed by atoms with van der Waals surface area (Å²) in [6.45, 7) is 5.83. The van der Waals surface area contributed by atoms with Crippen LogP contribution in [0.5, 0.6) is 11.5 Å². The van der Waals surface area contributed by atoms with Crippen LogP contribution in [0.2, 0.25) is 0 Å². The molecular formula is C23H30N4O4S2. The highest BCUT2D eigenvalue weighted by molar-refractivity contribution is 7.89. The number of methoxy groups -OCH3 is 2. The van der Waals surface area contributed by atoms with E-state index in [9.17, 15) is 8.42 Å². The third-order valence-electron chi connectivity index (χ3n) is 5.30. The molecule has 0 N–H and O–H groups in total. The number of ether oxygens (including phenoxy) is 2. The van der Waals surface area contributed by atoms with Gasteiger partial charge in [0.05, 0.1) is 19.1 Å². The number of nitrogens with zero attached hydrogens (tertiary/aromatic N) is 4. The van der Waals surface area contributed by atoms with E-state index in [0.29, 0.717) is 38.3 Å². The molecule has 1 aromatic heterocycles. The van der Waals surface area contributed by atoms with E-state index < -0.39 is 10.0 Å². The largest absolute Gasteiger partial charge is 0.497 e.